The van der Waals surface area contributed by atoms with E-state index in [1.807, 2.05) is 11.4 Å². The van der Waals surface area contributed by atoms with Crippen LogP contribution < -0.4 is 5.32 Å². The van der Waals surface area contributed by atoms with Gasteiger partial charge in [-0.05, 0) is 49.7 Å². The molecule has 0 aliphatic heterocycles. The molecule has 0 aromatic carbocycles. The van der Waals surface area contributed by atoms with Crippen molar-refractivity contribution in [1.29, 1.82) is 0 Å². The van der Waals surface area contributed by atoms with Crippen molar-refractivity contribution in [2.75, 3.05) is 13.1 Å². The molecule has 0 radical (unpaired) electrons. The molecule has 5 heteroatoms. The second-order valence-electron chi connectivity index (χ2n) is 4.82. The Morgan fingerprint density at radius 3 is 2.44 bits per heavy atom. The van der Waals surface area contributed by atoms with Crippen LogP contribution >= 0.6 is 27.3 Å². The number of rotatable bonds is 6. The lowest BCUT2D eigenvalue weighted by Gasteiger charge is -2.30. The van der Waals surface area contributed by atoms with Crippen LogP contribution in [0.5, 0.6) is 0 Å². The minimum atomic E-state index is 0.00409. The normalized spacial score (nSPS) is 11.6. The molecule has 0 aliphatic carbocycles. The molecule has 102 valence electrons. The van der Waals surface area contributed by atoms with Crippen LogP contribution in [0.2, 0.25) is 0 Å². The summed E-state index contributed by atoms with van der Waals surface area (Å²) in [5, 5.41) is 4.82. The minimum absolute atomic E-state index is 0.00409. The van der Waals surface area contributed by atoms with Gasteiger partial charge >= 0.3 is 0 Å². The summed E-state index contributed by atoms with van der Waals surface area (Å²) in [6, 6.07) is 2.84. The lowest BCUT2D eigenvalue weighted by atomic mass is 10.2. The summed E-state index contributed by atoms with van der Waals surface area (Å²) in [5.74, 6) is 0.00409. The first-order valence-electron chi connectivity index (χ1n) is 6.19. The maximum absolute atomic E-state index is 11.8. The maximum Gasteiger partial charge on any atom is 0.252 e. The number of amides is 1. The first-order valence-corrected chi connectivity index (χ1v) is 7.87. The van der Waals surface area contributed by atoms with Crippen molar-refractivity contribution in [2.24, 2.45) is 0 Å². The summed E-state index contributed by atoms with van der Waals surface area (Å²) >= 11 is 4.89. The van der Waals surface area contributed by atoms with E-state index < -0.39 is 0 Å². The van der Waals surface area contributed by atoms with Gasteiger partial charge in [-0.25, -0.2) is 0 Å². The molecule has 1 aromatic heterocycles. The van der Waals surface area contributed by atoms with E-state index in [0.29, 0.717) is 18.6 Å². The van der Waals surface area contributed by atoms with Crippen LogP contribution in [0.15, 0.2) is 15.2 Å². The maximum atomic E-state index is 11.8. The van der Waals surface area contributed by atoms with E-state index in [1.54, 1.807) is 0 Å². The van der Waals surface area contributed by atoms with Gasteiger partial charge in [-0.15, -0.1) is 11.3 Å². The third kappa shape index (κ3) is 4.71. The Kier molecular flexibility index (Phi) is 6.32. The van der Waals surface area contributed by atoms with Crippen molar-refractivity contribution in [2.45, 2.75) is 39.8 Å². The van der Waals surface area contributed by atoms with E-state index in [9.17, 15) is 4.79 Å². The zero-order valence-electron chi connectivity index (χ0n) is 11.4. The second kappa shape index (κ2) is 7.26. The van der Waals surface area contributed by atoms with Gasteiger partial charge in [0, 0.05) is 30.6 Å². The Morgan fingerprint density at radius 1 is 1.39 bits per heavy atom. The Balaban J connectivity index is 2.39. The molecule has 1 rings (SSSR count). The molecule has 3 nitrogen and oxygen atoms in total. The van der Waals surface area contributed by atoms with Gasteiger partial charge in [0.2, 0.25) is 0 Å². The van der Waals surface area contributed by atoms with Gasteiger partial charge < -0.3 is 5.32 Å². The zero-order valence-corrected chi connectivity index (χ0v) is 13.8. The van der Waals surface area contributed by atoms with E-state index in [0.717, 1.165) is 15.9 Å². The van der Waals surface area contributed by atoms with Crippen LogP contribution in [-0.4, -0.2) is 36.0 Å². The van der Waals surface area contributed by atoms with Crippen LogP contribution in [0.3, 0.4) is 0 Å². The Morgan fingerprint density at radius 2 is 2.00 bits per heavy atom. The van der Waals surface area contributed by atoms with Crippen molar-refractivity contribution in [3.63, 3.8) is 0 Å². The Bertz CT molecular complexity index is 382. The van der Waals surface area contributed by atoms with Gasteiger partial charge in [0.25, 0.3) is 5.91 Å². The molecule has 0 atom stereocenters. The summed E-state index contributed by atoms with van der Waals surface area (Å²) in [6.07, 6.45) is 0. The average Bonchev–Trinajstić information content (AvgIpc) is 2.69. The molecule has 1 heterocycles. The topological polar surface area (TPSA) is 32.3 Å². The molecular weight excluding hydrogens is 312 g/mol. The molecule has 18 heavy (non-hydrogen) atoms. The van der Waals surface area contributed by atoms with Crippen molar-refractivity contribution in [3.8, 4) is 0 Å². The van der Waals surface area contributed by atoms with Crippen molar-refractivity contribution < 1.29 is 4.79 Å². The molecule has 0 unspecified atom stereocenters. The highest BCUT2D eigenvalue weighted by atomic mass is 79.9. The fraction of sp³-hybridized carbons (Fsp3) is 0.615. The van der Waals surface area contributed by atoms with Crippen LogP contribution in [0, 0.1) is 0 Å². The van der Waals surface area contributed by atoms with Gasteiger partial charge in [-0.3, -0.25) is 9.69 Å². The number of thiophene rings is 1. The molecule has 0 spiro atoms. The van der Waals surface area contributed by atoms with E-state index in [-0.39, 0.29) is 5.91 Å². The predicted octanol–water partition coefficient (Wildman–Crippen LogP) is 3.36. The molecule has 0 bridgehead atoms. The summed E-state index contributed by atoms with van der Waals surface area (Å²) in [7, 11) is 0. The number of nitrogens with zero attached hydrogens (tertiary/aromatic N) is 1. The molecule has 0 saturated carbocycles. The fourth-order valence-corrected chi connectivity index (χ4v) is 3.08. The molecule has 0 saturated heterocycles. The van der Waals surface area contributed by atoms with Gasteiger partial charge in [0.1, 0.15) is 0 Å². The van der Waals surface area contributed by atoms with E-state index in [2.05, 4.69) is 53.8 Å². The molecule has 1 aromatic rings. The number of hydrogen-bond acceptors (Lipinski definition) is 3. The number of halogens is 1. The van der Waals surface area contributed by atoms with Gasteiger partial charge in [-0.1, -0.05) is 0 Å². The summed E-state index contributed by atoms with van der Waals surface area (Å²) in [6.45, 7) is 10.3. The first kappa shape index (κ1) is 15.7. The standard InChI is InChI=1S/C13H21BrN2OS/c1-9(2)16(10(3)4)6-5-15-13(17)11-7-12(14)18-8-11/h7-10H,5-6H2,1-4H3,(H,15,17). The number of nitrogens with one attached hydrogen (secondary N) is 1. The quantitative estimate of drug-likeness (QED) is 0.866. The van der Waals surface area contributed by atoms with Gasteiger partial charge in [-0.2, -0.15) is 0 Å². The highest BCUT2D eigenvalue weighted by Crippen LogP contribution is 2.20. The molecule has 1 amide bonds. The third-order valence-corrected chi connectivity index (χ3v) is 4.32. The van der Waals surface area contributed by atoms with Crippen molar-refractivity contribution in [1.82, 2.24) is 10.2 Å². The van der Waals surface area contributed by atoms with E-state index in [1.165, 1.54) is 11.3 Å². The lowest BCUT2D eigenvalue weighted by Crippen LogP contribution is -2.42. The Hall–Kier alpha value is -0.390. The molecule has 1 N–H and O–H groups in total. The molecule has 0 aliphatic rings. The lowest BCUT2D eigenvalue weighted by molar-refractivity contribution is 0.0940. The third-order valence-electron chi connectivity index (χ3n) is 2.81. The molecular formula is C13H21BrN2OS. The summed E-state index contributed by atoms with van der Waals surface area (Å²) in [5.41, 5.74) is 0.729. The van der Waals surface area contributed by atoms with Crippen LogP contribution in [0.25, 0.3) is 0 Å². The smallest absolute Gasteiger partial charge is 0.252 e. The predicted molar refractivity (Wildman–Crippen MR) is 81.3 cm³/mol. The highest BCUT2D eigenvalue weighted by molar-refractivity contribution is 9.11. The first-order chi connectivity index (χ1) is 8.41. The monoisotopic (exact) mass is 332 g/mol. The van der Waals surface area contributed by atoms with Gasteiger partial charge in [0.05, 0.1) is 9.35 Å². The van der Waals surface area contributed by atoms with Crippen LogP contribution in [-0.2, 0) is 0 Å². The highest BCUT2D eigenvalue weighted by Gasteiger charge is 2.13. The van der Waals surface area contributed by atoms with E-state index in [4.69, 9.17) is 0 Å². The van der Waals surface area contributed by atoms with Crippen LogP contribution in [0.4, 0.5) is 0 Å². The fourth-order valence-electron chi connectivity index (χ4n) is 1.94. The summed E-state index contributed by atoms with van der Waals surface area (Å²) in [4.78, 5) is 14.2. The number of carbonyl (C=O) groups is 1. The average molecular weight is 333 g/mol. The second-order valence-corrected chi connectivity index (χ2v) is 7.11. The largest absolute Gasteiger partial charge is 0.351 e. The SMILES string of the molecule is CC(C)N(CCNC(=O)c1csc(Br)c1)C(C)C. The van der Waals surface area contributed by atoms with Crippen molar-refractivity contribution in [3.05, 3.63) is 20.8 Å². The minimum Gasteiger partial charge on any atom is -0.351 e. The van der Waals surface area contributed by atoms with E-state index >= 15 is 0 Å². The van der Waals surface area contributed by atoms with Crippen LogP contribution in [0.1, 0.15) is 38.1 Å². The number of carbonyl (C=O) groups excluding carboxylic acids is 1. The summed E-state index contributed by atoms with van der Waals surface area (Å²) < 4.78 is 0.985. The number of hydrogen-bond donors (Lipinski definition) is 1. The Labute approximate surface area is 122 Å². The zero-order chi connectivity index (χ0) is 13.7. The van der Waals surface area contributed by atoms with Crippen molar-refractivity contribution >= 4 is 33.2 Å². The van der Waals surface area contributed by atoms with Gasteiger partial charge in [0.15, 0.2) is 0 Å². The molecule has 0 fully saturated rings.